The van der Waals surface area contributed by atoms with Crippen molar-refractivity contribution in [2.75, 3.05) is 12.8 Å². The second kappa shape index (κ2) is 5.12. The number of nitrogens with two attached hydrogens (primary N) is 1. The summed E-state index contributed by atoms with van der Waals surface area (Å²) in [7, 11) is 1.67. The molecule has 0 spiro atoms. The Morgan fingerprint density at radius 1 is 1.33 bits per heavy atom. The number of rotatable bonds is 4. The fourth-order valence-electron chi connectivity index (χ4n) is 2.16. The molecule has 0 bridgehead atoms. The molecule has 4 nitrogen and oxygen atoms in total. The van der Waals surface area contributed by atoms with E-state index in [0.29, 0.717) is 5.82 Å². The fourth-order valence-corrected chi connectivity index (χ4v) is 2.16. The van der Waals surface area contributed by atoms with Gasteiger partial charge in [-0.2, -0.15) is 5.10 Å². The summed E-state index contributed by atoms with van der Waals surface area (Å²) in [6.45, 7) is 4.08. The van der Waals surface area contributed by atoms with Gasteiger partial charge in [-0.1, -0.05) is 19.1 Å². The molecule has 0 amide bonds. The van der Waals surface area contributed by atoms with Crippen molar-refractivity contribution >= 4 is 5.82 Å². The van der Waals surface area contributed by atoms with E-state index in [1.807, 2.05) is 29.8 Å². The molecule has 18 heavy (non-hydrogen) atoms. The van der Waals surface area contributed by atoms with Crippen LogP contribution in [0.4, 0.5) is 5.82 Å². The van der Waals surface area contributed by atoms with Crippen molar-refractivity contribution < 1.29 is 4.74 Å². The molecule has 1 aromatic carbocycles. The Labute approximate surface area is 107 Å². The van der Waals surface area contributed by atoms with Gasteiger partial charge < -0.3 is 10.5 Å². The molecule has 2 N–H and O–H groups in total. The Hall–Kier alpha value is -1.97. The summed E-state index contributed by atoms with van der Waals surface area (Å²) in [6, 6.07) is 10.1. The van der Waals surface area contributed by atoms with E-state index in [1.165, 1.54) is 5.56 Å². The number of hydrogen-bond acceptors (Lipinski definition) is 3. The van der Waals surface area contributed by atoms with E-state index in [-0.39, 0.29) is 6.04 Å². The minimum atomic E-state index is 0.171. The van der Waals surface area contributed by atoms with Crippen LogP contribution in [0.1, 0.15) is 30.6 Å². The third-order valence-corrected chi connectivity index (χ3v) is 3.07. The van der Waals surface area contributed by atoms with Crippen molar-refractivity contribution in [3.05, 3.63) is 41.6 Å². The van der Waals surface area contributed by atoms with Crippen LogP contribution in [0.15, 0.2) is 30.3 Å². The second-order valence-electron chi connectivity index (χ2n) is 4.35. The number of aromatic nitrogens is 2. The van der Waals surface area contributed by atoms with E-state index < -0.39 is 0 Å². The molecular formula is C14H19N3O. The summed E-state index contributed by atoms with van der Waals surface area (Å²) in [4.78, 5) is 0. The molecule has 4 heteroatoms. The molecule has 0 radical (unpaired) electrons. The normalized spacial score (nSPS) is 12.4. The number of aryl methyl sites for hydroxylation is 1. The van der Waals surface area contributed by atoms with E-state index in [0.717, 1.165) is 17.9 Å². The Kier molecular flexibility index (Phi) is 3.55. The average molecular weight is 245 g/mol. The van der Waals surface area contributed by atoms with Crippen molar-refractivity contribution in [3.63, 3.8) is 0 Å². The number of anilines is 1. The molecule has 0 saturated heterocycles. The second-order valence-corrected chi connectivity index (χ2v) is 4.35. The maximum absolute atomic E-state index is 5.99. The average Bonchev–Trinajstić information content (AvgIpc) is 2.70. The van der Waals surface area contributed by atoms with Crippen LogP contribution in [0.3, 0.4) is 0 Å². The maximum atomic E-state index is 5.99. The Balaban J connectivity index is 2.35. The first-order valence-corrected chi connectivity index (χ1v) is 6.11. The van der Waals surface area contributed by atoms with Gasteiger partial charge in [0.15, 0.2) is 0 Å². The van der Waals surface area contributed by atoms with Crippen LogP contribution in [0.5, 0.6) is 5.75 Å². The molecule has 0 aliphatic heterocycles. The molecule has 96 valence electrons. The highest BCUT2D eigenvalue weighted by atomic mass is 16.5. The lowest BCUT2D eigenvalue weighted by atomic mass is 10.0. The van der Waals surface area contributed by atoms with Crippen LogP contribution in [0.25, 0.3) is 0 Å². The molecule has 2 aromatic rings. The Morgan fingerprint density at radius 2 is 2.00 bits per heavy atom. The van der Waals surface area contributed by atoms with Crippen molar-refractivity contribution in [2.45, 2.75) is 26.3 Å². The first-order valence-electron chi connectivity index (χ1n) is 6.11. The van der Waals surface area contributed by atoms with Gasteiger partial charge in [-0.3, -0.25) is 0 Å². The monoisotopic (exact) mass is 245 g/mol. The number of benzene rings is 1. The zero-order chi connectivity index (χ0) is 13.1. The molecule has 0 fully saturated rings. The molecule has 0 aliphatic rings. The standard InChI is InChI=1S/C14H19N3O/c1-4-13(17-14(15)9-10(2)16-17)11-5-7-12(18-3)8-6-11/h5-9,13H,4,15H2,1-3H3. The molecule has 1 unspecified atom stereocenters. The third-order valence-electron chi connectivity index (χ3n) is 3.07. The quantitative estimate of drug-likeness (QED) is 0.901. The van der Waals surface area contributed by atoms with Crippen molar-refractivity contribution in [1.82, 2.24) is 9.78 Å². The van der Waals surface area contributed by atoms with Crippen molar-refractivity contribution in [2.24, 2.45) is 0 Å². The minimum absolute atomic E-state index is 0.171. The summed E-state index contributed by atoms with van der Waals surface area (Å²) < 4.78 is 7.06. The van der Waals surface area contributed by atoms with E-state index in [4.69, 9.17) is 10.5 Å². The molecule has 1 heterocycles. The van der Waals surface area contributed by atoms with E-state index >= 15 is 0 Å². The van der Waals surface area contributed by atoms with Gasteiger partial charge in [0.05, 0.1) is 18.8 Å². The molecule has 0 saturated carbocycles. The van der Waals surface area contributed by atoms with Crippen LogP contribution in [-0.2, 0) is 0 Å². The number of nitrogens with zero attached hydrogens (tertiary/aromatic N) is 2. The first kappa shape index (κ1) is 12.5. The summed E-state index contributed by atoms with van der Waals surface area (Å²) in [6.07, 6.45) is 0.942. The molecule has 1 atom stereocenters. The lowest BCUT2D eigenvalue weighted by Crippen LogP contribution is -2.13. The van der Waals surface area contributed by atoms with Crippen LogP contribution in [0.2, 0.25) is 0 Å². The zero-order valence-corrected chi connectivity index (χ0v) is 11.1. The summed E-state index contributed by atoms with van der Waals surface area (Å²) in [5, 5.41) is 4.46. The molecule has 0 aliphatic carbocycles. The summed E-state index contributed by atoms with van der Waals surface area (Å²) in [5.74, 6) is 1.56. The van der Waals surface area contributed by atoms with Crippen LogP contribution in [0, 0.1) is 6.92 Å². The highest BCUT2D eigenvalue weighted by Crippen LogP contribution is 2.26. The van der Waals surface area contributed by atoms with Crippen LogP contribution < -0.4 is 10.5 Å². The molecule has 2 rings (SSSR count). The topological polar surface area (TPSA) is 53.1 Å². The van der Waals surface area contributed by atoms with Gasteiger partial charge in [0, 0.05) is 6.07 Å². The summed E-state index contributed by atoms with van der Waals surface area (Å²) >= 11 is 0. The number of ether oxygens (including phenoxy) is 1. The van der Waals surface area contributed by atoms with E-state index in [2.05, 4.69) is 24.2 Å². The van der Waals surface area contributed by atoms with Gasteiger partial charge >= 0.3 is 0 Å². The number of nitrogen functional groups attached to an aromatic ring is 1. The molecule has 1 aromatic heterocycles. The van der Waals surface area contributed by atoms with Gasteiger partial charge in [0.2, 0.25) is 0 Å². The zero-order valence-electron chi connectivity index (χ0n) is 11.1. The Bertz CT molecular complexity index is 516. The van der Waals surface area contributed by atoms with Gasteiger partial charge in [-0.25, -0.2) is 4.68 Å². The lowest BCUT2D eigenvalue weighted by molar-refractivity contribution is 0.414. The highest BCUT2D eigenvalue weighted by Gasteiger charge is 2.15. The Morgan fingerprint density at radius 3 is 2.44 bits per heavy atom. The van der Waals surface area contributed by atoms with Gasteiger partial charge in [-0.15, -0.1) is 0 Å². The van der Waals surface area contributed by atoms with Crippen LogP contribution in [-0.4, -0.2) is 16.9 Å². The first-order chi connectivity index (χ1) is 8.65. The number of methoxy groups -OCH3 is 1. The predicted octanol–water partition coefficient (Wildman–Crippen LogP) is 2.78. The van der Waals surface area contributed by atoms with Crippen molar-refractivity contribution in [3.8, 4) is 5.75 Å². The maximum Gasteiger partial charge on any atom is 0.122 e. The third kappa shape index (κ3) is 2.32. The minimum Gasteiger partial charge on any atom is -0.497 e. The van der Waals surface area contributed by atoms with E-state index in [9.17, 15) is 0 Å². The number of hydrogen-bond donors (Lipinski definition) is 1. The van der Waals surface area contributed by atoms with Crippen LogP contribution >= 0.6 is 0 Å². The lowest BCUT2D eigenvalue weighted by Gasteiger charge is -2.18. The van der Waals surface area contributed by atoms with Gasteiger partial charge in [-0.05, 0) is 31.0 Å². The molecular weight excluding hydrogens is 226 g/mol. The van der Waals surface area contributed by atoms with Gasteiger partial charge in [0.25, 0.3) is 0 Å². The smallest absolute Gasteiger partial charge is 0.122 e. The van der Waals surface area contributed by atoms with Crippen molar-refractivity contribution in [1.29, 1.82) is 0 Å². The van der Waals surface area contributed by atoms with Gasteiger partial charge in [0.1, 0.15) is 11.6 Å². The van der Waals surface area contributed by atoms with E-state index in [1.54, 1.807) is 7.11 Å². The summed E-state index contributed by atoms with van der Waals surface area (Å²) in [5.41, 5.74) is 8.12. The largest absolute Gasteiger partial charge is 0.497 e. The predicted molar refractivity (Wildman–Crippen MR) is 72.8 cm³/mol. The SMILES string of the molecule is CCC(c1ccc(OC)cc1)n1nc(C)cc1N. The highest BCUT2D eigenvalue weighted by molar-refractivity contribution is 5.35. The fraction of sp³-hybridized carbons (Fsp3) is 0.357.